The molecule has 7 nitrogen and oxygen atoms in total. The average Bonchev–Trinajstić information content (AvgIpc) is 2.38. The van der Waals surface area contributed by atoms with Gasteiger partial charge in [-0.05, 0) is 0 Å². The minimum Gasteiger partial charge on any atom is -0.495 e. The van der Waals surface area contributed by atoms with E-state index in [0.29, 0.717) is 0 Å². The fourth-order valence-corrected chi connectivity index (χ4v) is 2.68. The van der Waals surface area contributed by atoms with E-state index in [1.807, 2.05) is 0 Å². The van der Waals surface area contributed by atoms with Gasteiger partial charge in [-0.15, -0.1) is 6.58 Å². The van der Waals surface area contributed by atoms with Gasteiger partial charge in [-0.25, -0.2) is 8.42 Å². The summed E-state index contributed by atoms with van der Waals surface area (Å²) in [5.74, 6) is -0.976. The van der Waals surface area contributed by atoms with Gasteiger partial charge in [0, 0.05) is 18.8 Å². The van der Waals surface area contributed by atoms with Gasteiger partial charge in [-0.2, -0.15) is 4.31 Å². The van der Waals surface area contributed by atoms with Crippen LogP contribution in [0.4, 0.5) is 0 Å². The second-order valence-corrected chi connectivity index (χ2v) is 5.48. The highest BCUT2D eigenvalue weighted by atomic mass is 32.2. The molecule has 1 heterocycles. The summed E-state index contributed by atoms with van der Waals surface area (Å²) in [4.78, 5) is 14.3. The molecule has 1 rings (SSSR count). The van der Waals surface area contributed by atoms with Crippen molar-refractivity contribution in [2.75, 3.05) is 20.2 Å². The van der Waals surface area contributed by atoms with E-state index in [-0.39, 0.29) is 17.2 Å². The molecule has 19 heavy (non-hydrogen) atoms. The van der Waals surface area contributed by atoms with Crippen LogP contribution in [0.1, 0.15) is 0 Å². The van der Waals surface area contributed by atoms with Crippen molar-refractivity contribution in [3.8, 4) is 5.75 Å². The molecule has 1 N–H and O–H groups in total. The zero-order valence-corrected chi connectivity index (χ0v) is 11.1. The van der Waals surface area contributed by atoms with Crippen LogP contribution in [0.15, 0.2) is 36.0 Å². The Morgan fingerprint density at radius 3 is 2.79 bits per heavy atom. The Kier molecular flexibility index (Phi) is 5.02. The van der Waals surface area contributed by atoms with E-state index in [1.165, 1.54) is 25.4 Å². The van der Waals surface area contributed by atoms with Crippen molar-refractivity contribution in [3.63, 3.8) is 0 Å². The number of ether oxygens (including phenoxy) is 1. The third-order valence-electron chi connectivity index (χ3n) is 2.21. The maximum absolute atomic E-state index is 12.2. The number of sulfonamides is 1. The molecule has 0 aliphatic carbocycles. The molecule has 0 spiro atoms. The first-order valence-corrected chi connectivity index (χ1v) is 6.67. The summed E-state index contributed by atoms with van der Waals surface area (Å²) in [7, 11) is -2.57. The van der Waals surface area contributed by atoms with E-state index >= 15 is 0 Å². The molecular formula is C11H14N2O5S. The number of hydrogen-bond donors (Lipinski definition) is 1. The summed E-state index contributed by atoms with van der Waals surface area (Å²) in [5.41, 5.74) is 0. The quantitative estimate of drug-likeness (QED) is 0.726. The van der Waals surface area contributed by atoms with E-state index in [1.54, 1.807) is 0 Å². The first-order valence-electron chi connectivity index (χ1n) is 5.23. The molecule has 104 valence electrons. The van der Waals surface area contributed by atoms with Gasteiger partial charge in [0.1, 0.15) is 17.2 Å². The number of nitrogens with zero attached hydrogens (tertiary/aromatic N) is 2. The van der Waals surface area contributed by atoms with Crippen LogP contribution in [0.25, 0.3) is 0 Å². The van der Waals surface area contributed by atoms with Crippen LogP contribution in [0, 0.1) is 0 Å². The van der Waals surface area contributed by atoms with Crippen molar-refractivity contribution in [2.45, 2.75) is 4.90 Å². The fourth-order valence-electron chi connectivity index (χ4n) is 1.34. The van der Waals surface area contributed by atoms with Gasteiger partial charge in [0.15, 0.2) is 0 Å². The van der Waals surface area contributed by atoms with Gasteiger partial charge in [-0.3, -0.25) is 9.78 Å². The second kappa shape index (κ2) is 6.30. The number of carboxylic acids is 1. The van der Waals surface area contributed by atoms with Crippen molar-refractivity contribution < 1.29 is 23.1 Å². The SMILES string of the molecule is C=CCN(CC(=O)O)S(=O)(=O)c1cncc(OC)c1. The molecule has 0 saturated carbocycles. The third-order valence-corrected chi connectivity index (χ3v) is 3.98. The Bertz CT molecular complexity index is 570. The summed E-state index contributed by atoms with van der Waals surface area (Å²) in [6.07, 6.45) is 3.80. The molecule has 8 heteroatoms. The van der Waals surface area contributed by atoms with Gasteiger partial charge in [-0.1, -0.05) is 6.08 Å². The zero-order valence-electron chi connectivity index (χ0n) is 10.3. The first-order chi connectivity index (χ1) is 8.91. The predicted molar refractivity (Wildman–Crippen MR) is 67.4 cm³/mol. The van der Waals surface area contributed by atoms with Crippen molar-refractivity contribution in [3.05, 3.63) is 31.1 Å². The summed E-state index contributed by atoms with van der Waals surface area (Å²) < 4.78 is 30.2. The third kappa shape index (κ3) is 3.76. The molecule has 0 unspecified atom stereocenters. The van der Waals surface area contributed by atoms with Crippen LogP contribution in [0.3, 0.4) is 0 Å². The highest BCUT2D eigenvalue weighted by Gasteiger charge is 2.26. The number of methoxy groups -OCH3 is 1. The smallest absolute Gasteiger partial charge is 0.318 e. The summed E-state index contributed by atoms with van der Waals surface area (Å²) >= 11 is 0. The predicted octanol–water partition coefficient (Wildman–Crippen LogP) is 0.351. The summed E-state index contributed by atoms with van der Waals surface area (Å²) in [5, 5.41) is 8.74. The van der Waals surface area contributed by atoms with Crippen molar-refractivity contribution >= 4 is 16.0 Å². The standard InChI is InChI=1S/C11H14N2O5S/c1-3-4-13(8-11(14)15)19(16,17)10-5-9(18-2)6-12-7-10/h3,5-7H,1,4,8H2,2H3,(H,14,15). The summed E-state index contributed by atoms with van der Waals surface area (Å²) in [6, 6.07) is 1.28. The second-order valence-electron chi connectivity index (χ2n) is 3.54. The highest BCUT2D eigenvalue weighted by molar-refractivity contribution is 7.89. The molecule has 0 aromatic carbocycles. The molecule has 0 atom stereocenters. The van der Waals surface area contributed by atoms with E-state index in [0.717, 1.165) is 10.5 Å². The number of carbonyl (C=O) groups is 1. The van der Waals surface area contributed by atoms with Crippen LogP contribution < -0.4 is 4.74 Å². The topological polar surface area (TPSA) is 96.8 Å². The van der Waals surface area contributed by atoms with Gasteiger partial charge in [0.05, 0.1) is 13.3 Å². The number of carboxylic acid groups (broad SMARTS) is 1. The molecule has 0 fully saturated rings. The Morgan fingerprint density at radius 1 is 1.58 bits per heavy atom. The molecule has 0 radical (unpaired) electrons. The highest BCUT2D eigenvalue weighted by Crippen LogP contribution is 2.19. The maximum atomic E-state index is 12.2. The van der Waals surface area contributed by atoms with Crippen molar-refractivity contribution in [1.29, 1.82) is 0 Å². The molecule has 0 saturated heterocycles. The minimum atomic E-state index is -3.95. The Hall–Kier alpha value is -1.93. The van der Waals surface area contributed by atoms with Crippen molar-refractivity contribution in [2.24, 2.45) is 0 Å². The molecule has 0 bridgehead atoms. The lowest BCUT2D eigenvalue weighted by Gasteiger charge is -2.18. The van der Waals surface area contributed by atoms with Crippen molar-refractivity contribution in [1.82, 2.24) is 9.29 Å². The van der Waals surface area contributed by atoms with E-state index in [9.17, 15) is 13.2 Å². The fraction of sp³-hybridized carbons (Fsp3) is 0.273. The lowest BCUT2D eigenvalue weighted by Crippen LogP contribution is -2.35. The van der Waals surface area contributed by atoms with Gasteiger partial charge in [0.25, 0.3) is 0 Å². The van der Waals surface area contributed by atoms with E-state index in [2.05, 4.69) is 11.6 Å². The van der Waals surface area contributed by atoms with Gasteiger partial charge < -0.3 is 9.84 Å². The Labute approximate surface area is 111 Å². The average molecular weight is 286 g/mol. The number of aromatic nitrogens is 1. The minimum absolute atomic E-state index is 0.105. The van der Waals surface area contributed by atoms with Crippen LogP contribution in [0.2, 0.25) is 0 Å². The monoisotopic (exact) mass is 286 g/mol. The number of pyridine rings is 1. The van der Waals surface area contributed by atoms with Crippen LogP contribution in [-0.2, 0) is 14.8 Å². The van der Waals surface area contributed by atoms with Crippen LogP contribution in [0.5, 0.6) is 5.75 Å². The first kappa shape index (κ1) is 15.1. The lowest BCUT2D eigenvalue weighted by molar-refractivity contribution is -0.137. The molecule has 1 aromatic rings. The maximum Gasteiger partial charge on any atom is 0.318 e. The molecular weight excluding hydrogens is 272 g/mol. The lowest BCUT2D eigenvalue weighted by atomic mass is 10.5. The van der Waals surface area contributed by atoms with Gasteiger partial charge in [0.2, 0.25) is 10.0 Å². The van der Waals surface area contributed by atoms with E-state index < -0.39 is 22.5 Å². The zero-order chi connectivity index (χ0) is 14.5. The van der Waals surface area contributed by atoms with Crippen LogP contribution in [-0.4, -0.2) is 49.0 Å². The number of hydrogen-bond acceptors (Lipinski definition) is 5. The van der Waals surface area contributed by atoms with E-state index in [4.69, 9.17) is 9.84 Å². The molecule has 1 aromatic heterocycles. The Morgan fingerprint density at radius 2 is 2.26 bits per heavy atom. The number of aliphatic carboxylic acids is 1. The van der Waals surface area contributed by atoms with Gasteiger partial charge >= 0.3 is 5.97 Å². The Balaban J connectivity index is 3.17. The van der Waals surface area contributed by atoms with Crippen LogP contribution >= 0.6 is 0 Å². The molecule has 0 aliphatic rings. The summed E-state index contributed by atoms with van der Waals surface area (Å²) in [6.45, 7) is 2.66. The largest absolute Gasteiger partial charge is 0.495 e. The molecule has 0 amide bonds. The number of rotatable bonds is 7. The molecule has 0 aliphatic heterocycles. The normalized spacial score (nSPS) is 11.3.